The zero-order valence-electron chi connectivity index (χ0n) is 31.1. The van der Waals surface area contributed by atoms with Crippen LogP contribution in [-0.4, -0.2) is 0 Å². The molecule has 3 aliphatic carbocycles. The third kappa shape index (κ3) is 4.94. The molecular weight excluding hydrogens is 675 g/mol. The van der Waals surface area contributed by atoms with Crippen molar-refractivity contribution in [1.82, 2.24) is 0 Å². The van der Waals surface area contributed by atoms with E-state index in [2.05, 4.69) is 217 Å². The highest BCUT2D eigenvalue weighted by molar-refractivity contribution is 5.97. The lowest BCUT2D eigenvalue weighted by Crippen LogP contribution is -2.26. The van der Waals surface area contributed by atoms with E-state index in [1.54, 1.807) is 0 Å². The molecule has 11 rings (SSSR count). The minimum absolute atomic E-state index is 0.426. The van der Waals surface area contributed by atoms with E-state index in [0.29, 0.717) is 0 Å². The molecule has 3 aliphatic rings. The molecule has 0 radical (unpaired) electrons. The Bertz CT molecular complexity index is 2780. The van der Waals surface area contributed by atoms with E-state index in [4.69, 9.17) is 0 Å². The first-order valence-electron chi connectivity index (χ1n) is 19.7. The van der Waals surface area contributed by atoms with E-state index in [9.17, 15) is 0 Å². The summed E-state index contributed by atoms with van der Waals surface area (Å²) < 4.78 is 0. The molecule has 0 saturated carbocycles. The third-order valence-corrected chi connectivity index (χ3v) is 12.2. The van der Waals surface area contributed by atoms with Crippen LogP contribution in [0.3, 0.4) is 0 Å². The third-order valence-electron chi connectivity index (χ3n) is 12.2. The van der Waals surface area contributed by atoms with Crippen molar-refractivity contribution in [1.29, 1.82) is 0 Å². The molecule has 1 heteroatoms. The zero-order valence-corrected chi connectivity index (χ0v) is 31.1. The Morgan fingerprint density at radius 1 is 0.375 bits per heavy atom. The molecule has 0 aromatic heterocycles. The highest BCUT2D eigenvalue weighted by Crippen LogP contribution is 2.63. The van der Waals surface area contributed by atoms with E-state index >= 15 is 0 Å². The lowest BCUT2D eigenvalue weighted by Gasteiger charge is -2.33. The second-order valence-electron chi connectivity index (χ2n) is 15.1. The van der Waals surface area contributed by atoms with Crippen molar-refractivity contribution in [3.63, 3.8) is 0 Å². The molecule has 0 unspecified atom stereocenters. The van der Waals surface area contributed by atoms with Gasteiger partial charge in [-0.2, -0.15) is 0 Å². The molecule has 0 amide bonds. The van der Waals surface area contributed by atoms with Crippen molar-refractivity contribution in [2.75, 3.05) is 4.90 Å². The van der Waals surface area contributed by atoms with Crippen molar-refractivity contribution in [3.05, 3.63) is 240 Å². The van der Waals surface area contributed by atoms with Crippen molar-refractivity contribution in [2.45, 2.75) is 18.3 Å². The number of rotatable bonds is 6. The van der Waals surface area contributed by atoms with E-state index in [1.807, 2.05) is 0 Å². The van der Waals surface area contributed by atoms with Gasteiger partial charge in [-0.15, -0.1) is 0 Å². The summed E-state index contributed by atoms with van der Waals surface area (Å²) in [7, 11) is 0. The lowest BCUT2D eigenvalue weighted by molar-refractivity contribution is 0.793. The molecule has 1 spiro atoms. The fourth-order valence-electron chi connectivity index (χ4n) is 9.71. The van der Waals surface area contributed by atoms with Crippen LogP contribution in [0.15, 0.2) is 212 Å². The molecule has 8 aromatic rings. The van der Waals surface area contributed by atoms with Crippen LogP contribution >= 0.6 is 0 Å². The molecular formula is C55H39N. The van der Waals surface area contributed by atoms with Gasteiger partial charge in [0, 0.05) is 16.9 Å². The van der Waals surface area contributed by atoms with Gasteiger partial charge in [0.25, 0.3) is 0 Å². The molecule has 0 saturated heterocycles. The van der Waals surface area contributed by atoms with E-state index in [0.717, 1.165) is 29.9 Å². The zero-order chi connectivity index (χ0) is 37.1. The summed E-state index contributed by atoms with van der Waals surface area (Å²) in [4.78, 5) is 2.49. The molecule has 0 aliphatic heterocycles. The second-order valence-corrected chi connectivity index (χ2v) is 15.1. The van der Waals surface area contributed by atoms with Crippen LogP contribution in [0.25, 0.3) is 50.1 Å². The average molecular weight is 714 g/mol. The minimum atomic E-state index is -0.426. The van der Waals surface area contributed by atoms with Crippen molar-refractivity contribution >= 4 is 22.6 Å². The first kappa shape index (κ1) is 32.5. The first-order valence-corrected chi connectivity index (χ1v) is 19.7. The van der Waals surface area contributed by atoms with Crippen LogP contribution in [0.4, 0.5) is 17.1 Å². The number of hydrogen-bond donors (Lipinski definition) is 0. The Kier molecular flexibility index (Phi) is 7.60. The molecule has 0 N–H and O–H groups in total. The molecule has 0 bridgehead atoms. The van der Waals surface area contributed by atoms with E-state index in [1.165, 1.54) is 77.9 Å². The van der Waals surface area contributed by atoms with E-state index < -0.39 is 5.41 Å². The highest BCUT2D eigenvalue weighted by atomic mass is 15.1. The second kappa shape index (κ2) is 13.1. The SMILES string of the molecule is C1=CCCC(c2ccc(N(c3ccc4c(c3)C3(c5ccccc5-c5ccccc53)c3ccccc3-4)c3ccc(-c4ccccc4)cc3-c3ccccc3)cc2)=C1. The molecule has 8 aromatic carbocycles. The van der Waals surface area contributed by atoms with Gasteiger partial charge in [-0.3, -0.25) is 0 Å². The normalized spacial score (nSPS) is 14.1. The number of benzene rings is 8. The number of fused-ring (bicyclic) bond motifs is 10. The number of allylic oxidation sites excluding steroid dienone is 4. The maximum atomic E-state index is 2.50. The fraction of sp³-hybridized carbons (Fsp3) is 0.0545. The standard InChI is InChI=1S/C55H39N/c1-4-16-38(17-5-1)40-28-31-43(32-29-40)56(54-35-30-42(39-18-6-2-7-19-39)36-49(54)41-20-8-3-9-21-41)44-33-34-48-47-24-12-15-27-52(47)55(53(48)37-44)50-25-13-10-22-45(50)46-23-11-14-26-51(46)55/h1-4,6-16,18-37H,5,17H2. The van der Waals surface area contributed by atoms with Gasteiger partial charge in [-0.25, -0.2) is 0 Å². The van der Waals surface area contributed by atoms with Crippen molar-refractivity contribution in [3.8, 4) is 44.5 Å². The summed E-state index contributed by atoms with van der Waals surface area (Å²) in [5.41, 5.74) is 21.1. The van der Waals surface area contributed by atoms with Gasteiger partial charge in [0.15, 0.2) is 0 Å². The van der Waals surface area contributed by atoms with Gasteiger partial charge in [0.1, 0.15) is 0 Å². The molecule has 0 atom stereocenters. The van der Waals surface area contributed by atoms with Crippen molar-refractivity contribution < 1.29 is 0 Å². The van der Waals surface area contributed by atoms with Gasteiger partial charge in [0.05, 0.1) is 11.1 Å². The average Bonchev–Trinajstić information content (AvgIpc) is 3.75. The smallest absolute Gasteiger partial charge is 0.0726 e. The monoisotopic (exact) mass is 713 g/mol. The summed E-state index contributed by atoms with van der Waals surface area (Å²) >= 11 is 0. The summed E-state index contributed by atoms with van der Waals surface area (Å²) in [6.45, 7) is 0. The first-order chi connectivity index (χ1) is 27.8. The Labute approximate surface area is 329 Å². The maximum Gasteiger partial charge on any atom is 0.0726 e. The van der Waals surface area contributed by atoms with Crippen LogP contribution in [0.1, 0.15) is 40.7 Å². The fourth-order valence-corrected chi connectivity index (χ4v) is 9.71. The van der Waals surface area contributed by atoms with Gasteiger partial charge in [-0.1, -0.05) is 176 Å². The van der Waals surface area contributed by atoms with E-state index in [-0.39, 0.29) is 0 Å². The van der Waals surface area contributed by atoms with Gasteiger partial charge < -0.3 is 4.90 Å². The number of anilines is 3. The van der Waals surface area contributed by atoms with Crippen molar-refractivity contribution in [2.24, 2.45) is 0 Å². The Morgan fingerprint density at radius 2 is 0.911 bits per heavy atom. The Hall–Kier alpha value is -6.96. The highest BCUT2D eigenvalue weighted by Gasteiger charge is 2.51. The summed E-state index contributed by atoms with van der Waals surface area (Å²) in [5, 5.41) is 0. The lowest BCUT2D eigenvalue weighted by atomic mass is 9.70. The molecule has 0 fully saturated rings. The maximum absolute atomic E-state index is 2.50. The predicted molar refractivity (Wildman–Crippen MR) is 235 cm³/mol. The molecule has 264 valence electrons. The van der Waals surface area contributed by atoms with Crippen LogP contribution in [0.5, 0.6) is 0 Å². The van der Waals surface area contributed by atoms with Crippen LogP contribution in [-0.2, 0) is 5.41 Å². The minimum Gasteiger partial charge on any atom is -0.310 e. The molecule has 0 heterocycles. The van der Waals surface area contributed by atoms with Gasteiger partial charge >= 0.3 is 0 Å². The van der Waals surface area contributed by atoms with Gasteiger partial charge in [-0.05, 0) is 122 Å². The Balaban J connectivity index is 1.17. The number of hydrogen-bond acceptors (Lipinski definition) is 1. The Morgan fingerprint density at radius 3 is 1.52 bits per heavy atom. The van der Waals surface area contributed by atoms with Crippen LogP contribution in [0, 0.1) is 0 Å². The quantitative estimate of drug-likeness (QED) is 0.166. The van der Waals surface area contributed by atoms with Gasteiger partial charge in [0.2, 0.25) is 0 Å². The summed E-state index contributed by atoms with van der Waals surface area (Å²) in [6.07, 6.45) is 8.86. The number of nitrogens with zero attached hydrogens (tertiary/aromatic N) is 1. The predicted octanol–water partition coefficient (Wildman–Crippen LogP) is 14.6. The summed E-state index contributed by atoms with van der Waals surface area (Å²) in [5.74, 6) is 0. The summed E-state index contributed by atoms with van der Waals surface area (Å²) in [6, 6.07) is 72.2. The largest absolute Gasteiger partial charge is 0.310 e. The van der Waals surface area contributed by atoms with Crippen LogP contribution < -0.4 is 4.90 Å². The molecule has 1 nitrogen and oxygen atoms in total. The topological polar surface area (TPSA) is 3.24 Å². The van der Waals surface area contributed by atoms with Crippen LogP contribution in [0.2, 0.25) is 0 Å². The molecule has 56 heavy (non-hydrogen) atoms.